The van der Waals surface area contributed by atoms with E-state index in [2.05, 4.69) is 0 Å². The van der Waals surface area contributed by atoms with Crippen LogP contribution in [0.1, 0.15) is 12.8 Å². The lowest BCUT2D eigenvalue weighted by molar-refractivity contribution is -0.127. The van der Waals surface area contributed by atoms with Crippen LogP contribution in [0, 0.1) is 0 Å². The number of ketones is 1. The van der Waals surface area contributed by atoms with Gasteiger partial charge in [0.2, 0.25) is 5.91 Å². The van der Waals surface area contributed by atoms with Crippen LogP contribution in [0.25, 0.3) is 0 Å². The number of hydrogen-bond acceptors (Lipinski definition) is 2. The van der Waals surface area contributed by atoms with Crippen molar-refractivity contribution in [1.29, 1.82) is 0 Å². The van der Waals surface area contributed by atoms with E-state index in [0.29, 0.717) is 22.2 Å². The van der Waals surface area contributed by atoms with Crippen molar-refractivity contribution in [2.45, 2.75) is 12.8 Å². The third-order valence-electron chi connectivity index (χ3n) is 2.46. The number of piperidine rings is 1. The molecule has 0 N–H and O–H groups in total. The van der Waals surface area contributed by atoms with Gasteiger partial charge in [0.1, 0.15) is 0 Å². The van der Waals surface area contributed by atoms with Crippen molar-refractivity contribution in [3.05, 3.63) is 28.2 Å². The standard InChI is InChI=1S/C11H9Cl2NO2/c12-8-2-1-3-9(13)11(8)14-6-7(15)4-5-10(14)16/h1-3H,4-6H2. The van der Waals surface area contributed by atoms with Gasteiger partial charge in [0.15, 0.2) is 5.78 Å². The van der Waals surface area contributed by atoms with E-state index in [0.717, 1.165) is 0 Å². The maximum atomic E-state index is 11.7. The highest BCUT2D eigenvalue weighted by Gasteiger charge is 2.27. The summed E-state index contributed by atoms with van der Waals surface area (Å²) in [6.07, 6.45) is 0.526. The van der Waals surface area contributed by atoms with Gasteiger partial charge in [-0.25, -0.2) is 0 Å². The molecule has 5 heteroatoms. The van der Waals surface area contributed by atoms with Crippen molar-refractivity contribution in [2.24, 2.45) is 0 Å². The number of anilines is 1. The highest BCUT2D eigenvalue weighted by atomic mass is 35.5. The Morgan fingerprint density at radius 1 is 1.06 bits per heavy atom. The van der Waals surface area contributed by atoms with Crippen molar-refractivity contribution in [2.75, 3.05) is 11.4 Å². The van der Waals surface area contributed by atoms with Crippen LogP contribution in [-0.2, 0) is 9.59 Å². The molecule has 1 aliphatic heterocycles. The smallest absolute Gasteiger partial charge is 0.227 e. The molecule has 84 valence electrons. The van der Waals surface area contributed by atoms with E-state index in [9.17, 15) is 9.59 Å². The molecule has 3 nitrogen and oxygen atoms in total. The molecule has 1 saturated heterocycles. The molecule has 0 spiro atoms. The Morgan fingerprint density at radius 3 is 2.31 bits per heavy atom. The number of carbonyl (C=O) groups excluding carboxylic acids is 2. The Hall–Kier alpha value is -1.06. The van der Waals surface area contributed by atoms with E-state index in [1.54, 1.807) is 18.2 Å². The molecule has 1 heterocycles. The number of rotatable bonds is 1. The first kappa shape index (κ1) is 11.4. The van der Waals surface area contributed by atoms with Crippen molar-refractivity contribution < 1.29 is 9.59 Å². The maximum absolute atomic E-state index is 11.7. The second kappa shape index (κ2) is 4.44. The lowest BCUT2D eigenvalue weighted by Gasteiger charge is -2.27. The van der Waals surface area contributed by atoms with Crippen LogP contribution in [0.2, 0.25) is 10.0 Å². The molecule has 2 rings (SSSR count). The number of Topliss-reactive ketones (excluding diaryl/α,β-unsaturated/α-hetero) is 1. The average Bonchev–Trinajstić information content (AvgIpc) is 2.23. The summed E-state index contributed by atoms with van der Waals surface area (Å²) >= 11 is 12.0. The number of halogens is 2. The van der Waals surface area contributed by atoms with Gasteiger partial charge in [-0.1, -0.05) is 29.3 Å². The fourth-order valence-electron chi connectivity index (χ4n) is 1.68. The van der Waals surface area contributed by atoms with Gasteiger partial charge in [0.25, 0.3) is 0 Å². The van der Waals surface area contributed by atoms with Crippen LogP contribution in [0.5, 0.6) is 0 Å². The first-order valence-electron chi connectivity index (χ1n) is 4.85. The minimum Gasteiger partial charge on any atom is -0.302 e. The lowest BCUT2D eigenvalue weighted by atomic mass is 10.1. The fraction of sp³-hybridized carbons (Fsp3) is 0.273. The second-order valence-corrected chi connectivity index (χ2v) is 4.40. The molecule has 1 fully saturated rings. The summed E-state index contributed by atoms with van der Waals surface area (Å²) in [7, 11) is 0. The first-order valence-corrected chi connectivity index (χ1v) is 5.61. The summed E-state index contributed by atoms with van der Waals surface area (Å²) in [5.74, 6) is -0.0924. The second-order valence-electron chi connectivity index (χ2n) is 3.59. The number of benzene rings is 1. The van der Waals surface area contributed by atoms with E-state index in [4.69, 9.17) is 23.2 Å². The molecular weight excluding hydrogens is 249 g/mol. The molecule has 0 saturated carbocycles. The van der Waals surface area contributed by atoms with Gasteiger partial charge < -0.3 is 4.90 Å². The zero-order chi connectivity index (χ0) is 11.7. The van der Waals surface area contributed by atoms with E-state index in [1.807, 2.05) is 0 Å². The molecule has 0 radical (unpaired) electrons. The molecule has 0 atom stereocenters. The minimum atomic E-state index is -0.116. The van der Waals surface area contributed by atoms with Crippen LogP contribution in [0.3, 0.4) is 0 Å². The monoisotopic (exact) mass is 257 g/mol. The number of nitrogens with zero attached hydrogens (tertiary/aromatic N) is 1. The van der Waals surface area contributed by atoms with Gasteiger partial charge in [0, 0.05) is 12.8 Å². The van der Waals surface area contributed by atoms with Crippen molar-refractivity contribution >= 4 is 40.6 Å². The highest BCUT2D eigenvalue weighted by Crippen LogP contribution is 2.34. The van der Waals surface area contributed by atoms with Crippen LogP contribution >= 0.6 is 23.2 Å². The largest absolute Gasteiger partial charge is 0.302 e. The fourth-order valence-corrected chi connectivity index (χ4v) is 2.28. The molecule has 1 aromatic rings. The summed E-state index contributed by atoms with van der Waals surface area (Å²) in [6, 6.07) is 4.99. The third-order valence-corrected chi connectivity index (χ3v) is 3.07. The van der Waals surface area contributed by atoms with Crippen molar-refractivity contribution in [3.8, 4) is 0 Å². The minimum absolute atomic E-state index is 0.0237. The first-order chi connectivity index (χ1) is 7.59. The number of para-hydroxylation sites is 1. The van der Waals surface area contributed by atoms with Crippen LogP contribution in [0.15, 0.2) is 18.2 Å². The molecule has 16 heavy (non-hydrogen) atoms. The summed E-state index contributed by atoms with van der Waals surface area (Å²) in [6.45, 7) is 0.0578. The molecule has 0 bridgehead atoms. The molecule has 1 aromatic carbocycles. The predicted molar refractivity (Wildman–Crippen MR) is 63.1 cm³/mol. The normalized spacial score (nSPS) is 16.8. The Balaban J connectivity index is 2.42. The SMILES string of the molecule is O=C1CCC(=O)N(c2c(Cl)cccc2Cl)C1. The van der Waals surface area contributed by atoms with E-state index in [-0.39, 0.29) is 24.7 Å². The molecular formula is C11H9Cl2NO2. The number of amides is 1. The Labute approximate surface area is 103 Å². The van der Waals surface area contributed by atoms with Crippen LogP contribution < -0.4 is 4.90 Å². The van der Waals surface area contributed by atoms with Crippen molar-refractivity contribution in [1.82, 2.24) is 0 Å². The van der Waals surface area contributed by atoms with Gasteiger partial charge in [-0.3, -0.25) is 9.59 Å². The molecule has 0 aliphatic carbocycles. The summed E-state index contributed by atoms with van der Waals surface area (Å²) in [5.41, 5.74) is 0.434. The lowest BCUT2D eigenvalue weighted by Crippen LogP contribution is -2.40. The van der Waals surface area contributed by atoms with Gasteiger partial charge in [-0.15, -0.1) is 0 Å². The molecule has 1 amide bonds. The Kier molecular flexibility index (Phi) is 3.17. The van der Waals surface area contributed by atoms with Crippen LogP contribution in [0.4, 0.5) is 5.69 Å². The number of hydrogen-bond donors (Lipinski definition) is 0. The van der Waals surface area contributed by atoms with Gasteiger partial charge in [-0.05, 0) is 12.1 Å². The molecule has 0 aromatic heterocycles. The van der Waals surface area contributed by atoms with Gasteiger partial charge in [0.05, 0.1) is 22.3 Å². The van der Waals surface area contributed by atoms with E-state index >= 15 is 0 Å². The quantitative estimate of drug-likeness (QED) is 0.776. The zero-order valence-corrected chi connectivity index (χ0v) is 9.88. The van der Waals surface area contributed by atoms with Crippen molar-refractivity contribution in [3.63, 3.8) is 0 Å². The Morgan fingerprint density at radius 2 is 1.69 bits per heavy atom. The van der Waals surface area contributed by atoms with Gasteiger partial charge >= 0.3 is 0 Å². The summed E-state index contributed by atoms with van der Waals surface area (Å²) in [4.78, 5) is 24.4. The topological polar surface area (TPSA) is 37.4 Å². The highest BCUT2D eigenvalue weighted by molar-refractivity contribution is 6.40. The number of carbonyl (C=O) groups is 2. The zero-order valence-electron chi connectivity index (χ0n) is 8.37. The maximum Gasteiger partial charge on any atom is 0.227 e. The third kappa shape index (κ3) is 2.06. The van der Waals surface area contributed by atoms with E-state index < -0.39 is 0 Å². The summed E-state index contributed by atoms with van der Waals surface area (Å²) in [5, 5.41) is 0.770. The average molecular weight is 258 g/mol. The van der Waals surface area contributed by atoms with Gasteiger partial charge in [-0.2, -0.15) is 0 Å². The summed E-state index contributed by atoms with van der Waals surface area (Å²) < 4.78 is 0. The molecule has 0 unspecified atom stereocenters. The predicted octanol–water partition coefficient (Wildman–Crippen LogP) is 2.69. The Bertz CT molecular complexity index is 439. The van der Waals surface area contributed by atoms with E-state index in [1.165, 1.54) is 4.90 Å². The van der Waals surface area contributed by atoms with Crippen LogP contribution in [-0.4, -0.2) is 18.2 Å². The molecule has 1 aliphatic rings.